The van der Waals surface area contributed by atoms with E-state index in [1.54, 1.807) is 10.9 Å². The van der Waals surface area contributed by atoms with Crippen molar-refractivity contribution in [1.82, 2.24) is 19.7 Å². The number of anilines is 1. The van der Waals surface area contributed by atoms with Crippen LogP contribution in [0.15, 0.2) is 65.7 Å². The molecule has 0 spiro atoms. The Morgan fingerprint density at radius 3 is 2.29 bits per heavy atom. The van der Waals surface area contributed by atoms with Crippen LogP contribution in [0.5, 0.6) is 0 Å². The number of piperidine rings is 1. The number of amides is 1. The van der Waals surface area contributed by atoms with E-state index in [-0.39, 0.29) is 23.6 Å². The molecule has 0 bridgehead atoms. The van der Waals surface area contributed by atoms with Gasteiger partial charge in [0, 0.05) is 31.4 Å². The summed E-state index contributed by atoms with van der Waals surface area (Å²) < 4.78 is 3.08. The zero-order valence-electron chi connectivity index (χ0n) is 20.4. The third-order valence-corrected chi connectivity index (χ3v) is 6.54. The van der Waals surface area contributed by atoms with Crippen molar-refractivity contribution in [3.63, 3.8) is 0 Å². The van der Waals surface area contributed by atoms with Crippen LogP contribution in [0.1, 0.15) is 51.5 Å². The summed E-state index contributed by atoms with van der Waals surface area (Å²) in [6, 6.07) is 18.4. The summed E-state index contributed by atoms with van der Waals surface area (Å²) in [4.78, 5) is 28.0. The molecule has 1 fully saturated rings. The molecule has 1 aromatic heterocycles. The van der Waals surface area contributed by atoms with Crippen LogP contribution in [-0.2, 0) is 11.3 Å². The smallest absolute Gasteiger partial charge is 0.350 e. The van der Waals surface area contributed by atoms with Gasteiger partial charge in [-0.2, -0.15) is 5.10 Å². The van der Waals surface area contributed by atoms with Gasteiger partial charge >= 0.3 is 5.69 Å². The molecular formula is C27H35N5O2. The van der Waals surface area contributed by atoms with Gasteiger partial charge in [0.15, 0.2) is 0 Å². The number of aromatic nitrogens is 3. The maximum Gasteiger partial charge on any atom is 0.350 e. The first-order valence-corrected chi connectivity index (χ1v) is 12.3. The summed E-state index contributed by atoms with van der Waals surface area (Å²) in [5.74, 6) is 0.303. The molecule has 180 valence electrons. The van der Waals surface area contributed by atoms with E-state index in [0.29, 0.717) is 12.5 Å². The molecule has 1 aliphatic rings. The van der Waals surface area contributed by atoms with Gasteiger partial charge in [0.2, 0.25) is 5.91 Å². The number of carbonyl (C=O) groups excluding carboxylic acids is 1. The van der Waals surface area contributed by atoms with Gasteiger partial charge in [0.1, 0.15) is 6.33 Å². The second kappa shape index (κ2) is 10.7. The van der Waals surface area contributed by atoms with Gasteiger partial charge < -0.3 is 10.2 Å². The standard InChI is InChI=1S/C27H35N5O2/c1-4-16-32-27(34)31(19-28-32)24-12-10-23(11-13-24)30-17-14-22(15-18-30)25(26(33)29-20(2)3)21-8-6-5-7-9-21/h5-13,19-20,22,25H,4,14-18H2,1-3H3,(H,29,33). The lowest BCUT2D eigenvalue weighted by Crippen LogP contribution is -2.42. The van der Waals surface area contributed by atoms with E-state index >= 15 is 0 Å². The van der Waals surface area contributed by atoms with E-state index < -0.39 is 0 Å². The maximum absolute atomic E-state index is 13.1. The van der Waals surface area contributed by atoms with E-state index in [4.69, 9.17) is 0 Å². The van der Waals surface area contributed by atoms with E-state index in [9.17, 15) is 9.59 Å². The first-order valence-electron chi connectivity index (χ1n) is 12.3. The Kier molecular flexibility index (Phi) is 7.50. The van der Waals surface area contributed by atoms with Crippen LogP contribution in [0.4, 0.5) is 5.69 Å². The molecule has 1 amide bonds. The van der Waals surface area contributed by atoms with Gasteiger partial charge in [0.25, 0.3) is 0 Å². The van der Waals surface area contributed by atoms with Crippen molar-refractivity contribution < 1.29 is 4.79 Å². The molecule has 1 unspecified atom stereocenters. The third kappa shape index (κ3) is 5.24. The summed E-state index contributed by atoms with van der Waals surface area (Å²) in [5.41, 5.74) is 2.94. The van der Waals surface area contributed by atoms with Crippen molar-refractivity contribution in [1.29, 1.82) is 0 Å². The topological polar surface area (TPSA) is 72.2 Å². The lowest BCUT2D eigenvalue weighted by Gasteiger charge is -2.37. The highest BCUT2D eigenvalue weighted by molar-refractivity contribution is 5.84. The summed E-state index contributed by atoms with van der Waals surface area (Å²) in [6.45, 7) is 8.47. The molecule has 4 rings (SSSR count). The number of nitrogens with one attached hydrogen (secondary N) is 1. The van der Waals surface area contributed by atoms with E-state index in [2.05, 4.69) is 39.6 Å². The second-order valence-electron chi connectivity index (χ2n) is 9.40. The lowest BCUT2D eigenvalue weighted by molar-refractivity contribution is -0.124. The fraction of sp³-hybridized carbons (Fsp3) is 0.444. The molecule has 2 heterocycles. The molecule has 3 aromatic rings. The normalized spacial score (nSPS) is 15.5. The lowest BCUT2D eigenvalue weighted by atomic mass is 9.79. The Hall–Kier alpha value is -3.35. The molecule has 0 radical (unpaired) electrons. The Labute approximate surface area is 201 Å². The molecule has 1 N–H and O–H groups in total. The maximum atomic E-state index is 13.1. The molecule has 1 atom stereocenters. The van der Waals surface area contributed by atoms with Crippen LogP contribution in [0.2, 0.25) is 0 Å². The zero-order chi connectivity index (χ0) is 24.1. The fourth-order valence-corrected chi connectivity index (χ4v) is 4.87. The Bertz CT molecular complexity index is 1130. The van der Waals surface area contributed by atoms with Crippen molar-refractivity contribution in [2.24, 2.45) is 5.92 Å². The minimum absolute atomic E-state index is 0.109. The largest absolute Gasteiger partial charge is 0.372 e. The number of hydrogen-bond acceptors (Lipinski definition) is 4. The highest BCUT2D eigenvalue weighted by Crippen LogP contribution is 2.34. The Morgan fingerprint density at radius 1 is 1.03 bits per heavy atom. The molecule has 2 aromatic carbocycles. The highest BCUT2D eigenvalue weighted by Gasteiger charge is 2.33. The first-order chi connectivity index (χ1) is 16.5. The summed E-state index contributed by atoms with van der Waals surface area (Å²) in [6.07, 6.45) is 4.37. The minimum Gasteiger partial charge on any atom is -0.372 e. The average Bonchev–Trinajstić information content (AvgIpc) is 3.20. The second-order valence-corrected chi connectivity index (χ2v) is 9.40. The van der Waals surface area contributed by atoms with Crippen LogP contribution in [0.25, 0.3) is 5.69 Å². The average molecular weight is 462 g/mol. The predicted molar refractivity (Wildman–Crippen MR) is 136 cm³/mol. The molecule has 0 aliphatic carbocycles. The number of hydrogen-bond donors (Lipinski definition) is 1. The number of carbonyl (C=O) groups is 1. The van der Waals surface area contributed by atoms with Crippen LogP contribution in [0.3, 0.4) is 0 Å². The number of aryl methyl sites for hydroxylation is 1. The van der Waals surface area contributed by atoms with Crippen molar-refractivity contribution in [3.05, 3.63) is 77.0 Å². The van der Waals surface area contributed by atoms with E-state index in [1.807, 2.05) is 51.1 Å². The molecule has 34 heavy (non-hydrogen) atoms. The predicted octanol–water partition coefficient (Wildman–Crippen LogP) is 3.97. The zero-order valence-corrected chi connectivity index (χ0v) is 20.4. The third-order valence-electron chi connectivity index (χ3n) is 6.54. The van der Waals surface area contributed by atoms with Crippen molar-refractivity contribution in [2.45, 2.75) is 58.5 Å². The van der Waals surface area contributed by atoms with Crippen molar-refractivity contribution in [2.75, 3.05) is 18.0 Å². The van der Waals surface area contributed by atoms with Crippen LogP contribution < -0.4 is 15.9 Å². The van der Waals surface area contributed by atoms with Gasteiger partial charge in [-0.05, 0) is 68.9 Å². The van der Waals surface area contributed by atoms with E-state index in [0.717, 1.165) is 49.3 Å². The molecule has 0 saturated carbocycles. The van der Waals surface area contributed by atoms with E-state index in [1.165, 1.54) is 4.68 Å². The molecular weight excluding hydrogens is 426 g/mol. The van der Waals surface area contributed by atoms with Gasteiger partial charge in [-0.3, -0.25) is 4.79 Å². The Balaban J connectivity index is 1.44. The van der Waals surface area contributed by atoms with Crippen LogP contribution in [-0.4, -0.2) is 39.4 Å². The molecule has 7 nitrogen and oxygen atoms in total. The first kappa shape index (κ1) is 23.8. The SMILES string of the molecule is CCCn1ncn(-c2ccc(N3CCC(C(C(=O)NC(C)C)c4ccccc4)CC3)cc2)c1=O. The minimum atomic E-state index is -0.125. The quantitative estimate of drug-likeness (QED) is 0.551. The van der Waals surface area contributed by atoms with Gasteiger partial charge in [-0.1, -0.05) is 37.3 Å². The van der Waals surface area contributed by atoms with Gasteiger partial charge in [-0.25, -0.2) is 14.0 Å². The monoisotopic (exact) mass is 461 g/mol. The van der Waals surface area contributed by atoms with Crippen LogP contribution in [0, 0.1) is 5.92 Å². The summed E-state index contributed by atoms with van der Waals surface area (Å²) >= 11 is 0. The fourth-order valence-electron chi connectivity index (χ4n) is 4.87. The summed E-state index contributed by atoms with van der Waals surface area (Å²) in [5, 5.41) is 7.33. The highest BCUT2D eigenvalue weighted by atomic mass is 16.2. The Morgan fingerprint density at radius 2 is 1.68 bits per heavy atom. The van der Waals surface area contributed by atoms with Crippen molar-refractivity contribution >= 4 is 11.6 Å². The molecule has 7 heteroatoms. The summed E-state index contributed by atoms with van der Waals surface area (Å²) in [7, 11) is 0. The number of rotatable bonds is 8. The number of nitrogens with zero attached hydrogens (tertiary/aromatic N) is 4. The van der Waals surface area contributed by atoms with Gasteiger partial charge in [-0.15, -0.1) is 0 Å². The molecule has 1 aliphatic heterocycles. The number of benzene rings is 2. The van der Waals surface area contributed by atoms with Crippen molar-refractivity contribution in [3.8, 4) is 5.69 Å². The van der Waals surface area contributed by atoms with Crippen LogP contribution >= 0.6 is 0 Å². The molecule has 1 saturated heterocycles. The van der Waals surface area contributed by atoms with Gasteiger partial charge in [0.05, 0.1) is 11.6 Å².